The summed E-state index contributed by atoms with van der Waals surface area (Å²) in [4.78, 5) is 23.3. The summed E-state index contributed by atoms with van der Waals surface area (Å²) in [6.45, 7) is 0. The predicted molar refractivity (Wildman–Crippen MR) is 103 cm³/mol. The summed E-state index contributed by atoms with van der Waals surface area (Å²) in [5.41, 5.74) is -0.167. The van der Waals surface area contributed by atoms with Crippen LogP contribution in [0.1, 0.15) is 15.9 Å². The first kappa shape index (κ1) is 19.7. The van der Waals surface area contributed by atoms with E-state index in [9.17, 15) is 22.5 Å². The highest BCUT2D eigenvalue weighted by atomic mass is 35.5. The summed E-state index contributed by atoms with van der Waals surface area (Å²) < 4.78 is 41.6. The Labute approximate surface area is 165 Å². The van der Waals surface area contributed by atoms with Crippen molar-refractivity contribution in [3.63, 3.8) is 0 Å². The second-order valence-electron chi connectivity index (χ2n) is 5.73. The third kappa shape index (κ3) is 4.08. The average Bonchev–Trinajstić information content (AvgIpc) is 2.69. The fourth-order valence-corrected chi connectivity index (χ4v) is 3.74. The van der Waals surface area contributed by atoms with Crippen LogP contribution in [-0.4, -0.2) is 14.2 Å². The molecule has 0 spiro atoms. The molecule has 142 valence electrons. The maximum Gasteiger partial charge on any atom is 0.261 e. The van der Waals surface area contributed by atoms with Crippen molar-refractivity contribution >= 4 is 38.8 Å². The van der Waals surface area contributed by atoms with Gasteiger partial charge in [-0.2, -0.15) is 0 Å². The molecule has 3 rings (SSSR count). The Morgan fingerprint density at radius 3 is 2.29 bits per heavy atom. The van der Waals surface area contributed by atoms with E-state index in [1.54, 1.807) is 5.18 Å². The van der Waals surface area contributed by atoms with Gasteiger partial charge in [0.1, 0.15) is 5.82 Å². The minimum atomic E-state index is -4.07. The van der Waals surface area contributed by atoms with Gasteiger partial charge in [0.05, 0.1) is 16.1 Å². The molecule has 0 aliphatic carbocycles. The largest absolute Gasteiger partial charge is 0.288 e. The van der Waals surface area contributed by atoms with Crippen LogP contribution in [0.2, 0.25) is 5.02 Å². The number of hydrogen-bond donors (Lipinski definition) is 2. The lowest BCUT2D eigenvalue weighted by Crippen LogP contribution is -2.55. The van der Waals surface area contributed by atoms with Crippen molar-refractivity contribution in [3.05, 3.63) is 93.6 Å². The highest BCUT2D eigenvalue weighted by Gasteiger charge is 2.22. The maximum absolute atomic E-state index is 14.0. The number of rotatable bonds is 6. The van der Waals surface area contributed by atoms with Gasteiger partial charge in [-0.3, -0.25) is 9.52 Å². The molecule has 28 heavy (non-hydrogen) atoms. The topological polar surface area (TPSA) is 94.3 Å². The number of hydrogen-bond acceptors (Lipinski definition) is 4. The van der Waals surface area contributed by atoms with Gasteiger partial charge in [0, 0.05) is 32.8 Å². The van der Waals surface area contributed by atoms with Crippen LogP contribution in [0.4, 0.5) is 15.8 Å². The fraction of sp³-hybridized carbons (Fsp3) is 0. The van der Waals surface area contributed by atoms with E-state index < -0.39 is 21.6 Å². The van der Waals surface area contributed by atoms with E-state index in [4.69, 9.17) is 11.6 Å². The zero-order valence-electron chi connectivity index (χ0n) is 14.1. The molecule has 0 fully saturated rings. The van der Waals surface area contributed by atoms with Gasteiger partial charge in [-0.15, -0.1) is 0 Å². The monoisotopic (exact) mass is 419 g/mol. The number of carbonyl (C=O) groups is 1. The van der Waals surface area contributed by atoms with Gasteiger partial charge in [-0.25, -0.2) is 12.8 Å². The number of carbonyl (C=O) groups excluding carboxylic acids is 1. The second-order valence-corrected chi connectivity index (χ2v) is 7.85. The van der Waals surface area contributed by atoms with Crippen LogP contribution in [0.3, 0.4) is 0 Å². The summed E-state index contributed by atoms with van der Waals surface area (Å²) >= 11 is 5.95. The SMILES string of the molecule is O=[NH+]c1ccc(S(=O)(=O)Nc2ccc(Cl)cc2C(=O)c2ccccc2F)cc1. The summed E-state index contributed by atoms with van der Waals surface area (Å²) in [5.74, 6) is -1.45. The van der Waals surface area contributed by atoms with Crippen molar-refractivity contribution in [2.75, 3.05) is 4.72 Å². The molecule has 0 aliphatic rings. The molecule has 3 aromatic carbocycles. The Morgan fingerprint density at radius 1 is 0.964 bits per heavy atom. The molecule has 0 unspecified atom stereocenters. The molecule has 0 bridgehead atoms. The summed E-state index contributed by atoms with van der Waals surface area (Å²) in [6.07, 6.45) is 0. The number of nitrogens with one attached hydrogen (secondary N) is 2. The molecule has 0 radical (unpaired) electrons. The molecule has 0 heterocycles. The first-order valence-corrected chi connectivity index (χ1v) is 9.78. The Kier molecular flexibility index (Phi) is 5.53. The molecule has 0 atom stereocenters. The highest BCUT2D eigenvalue weighted by molar-refractivity contribution is 7.92. The molecule has 3 aromatic rings. The van der Waals surface area contributed by atoms with Crippen LogP contribution >= 0.6 is 11.6 Å². The lowest BCUT2D eigenvalue weighted by Gasteiger charge is -2.13. The van der Waals surface area contributed by atoms with Gasteiger partial charge >= 0.3 is 0 Å². The van der Waals surface area contributed by atoms with E-state index in [-0.39, 0.29) is 32.4 Å². The van der Waals surface area contributed by atoms with E-state index in [1.807, 2.05) is 0 Å². The number of benzene rings is 3. The summed E-state index contributed by atoms with van der Waals surface area (Å²) in [5, 5.41) is 1.84. The highest BCUT2D eigenvalue weighted by Crippen LogP contribution is 2.27. The van der Waals surface area contributed by atoms with Crippen LogP contribution in [0.5, 0.6) is 0 Å². The first-order chi connectivity index (χ1) is 13.3. The Balaban J connectivity index is 2.02. The number of sulfonamides is 1. The van der Waals surface area contributed by atoms with Crippen LogP contribution in [0, 0.1) is 10.7 Å². The van der Waals surface area contributed by atoms with Crippen molar-refractivity contribution in [1.29, 1.82) is 0 Å². The van der Waals surface area contributed by atoms with Crippen LogP contribution < -0.4 is 9.90 Å². The molecule has 2 N–H and O–H groups in total. The number of nitroso groups, excluding NO2 is 1. The van der Waals surface area contributed by atoms with E-state index >= 15 is 0 Å². The molecule has 0 saturated heterocycles. The van der Waals surface area contributed by atoms with Crippen LogP contribution in [0.25, 0.3) is 0 Å². The Morgan fingerprint density at radius 2 is 1.64 bits per heavy atom. The Hall–Kier alpha value is -3.10. The molecular weight excluding hydrogens is 407 g/mol. The molecule has 6 nitrogen and oxygen atoms in total. The van der Waals surface area contributed by atoms with E-state index in [0.29, 0.717) is 0 Å². The lowest BCUT2D eigenvalue weighted by molar-refractivity contribution is -0.379. The average molecular weight is 420 g/mol. The van der Waals surface area contributed by atoms with Crippen LogP contribution in [-0.2, 0) is 10.0 Å². The van der Waals surface area contributed by atoms with Crippen molar-refractivity contribution < 1.29 is 22.8 Å². The van der Waals surface area contributed by atoms with Gasteiger partial charge in [-0.1, -0.05) is 23.7 Å². The second kappa shape index (κ2) is 7.87. The number of halogens is 2. The normalized spacial score (nSPS) is 11.1. The van der Waals surface area contributed by atoms with Crippen molar-refractivity contribution in [3.8, 4) is 0 Å². The fourth-order valence-electron chi connectivity index (χ4n) is 2.49. The minimum Gasteiger partial charge on any atom is -0.288 e. The lowest BCUT2D eigenvalue weighted by atomic mass is 10.0. The first-order valence-electron chi connectivity index (χ1n) is 7.91. The predicted octanol–water partition coefficient (Wildman–Crippen LogP) is 2.99. The molecule has 0 aliphatic heterocycles. The van der Waals surface area contributed by atoms with Gasteiger partial charge in [0.25, 0.3) is 15.7 Å². The van der Waals surface area contributed by atoms with E-state index in [1.165, 1.54) is 60.7 Å². The van der Waals surface area contributed by atoms with Crippen molar-refractivity contribution in [1.82, 2.24) is 0 Å². The minimum absolute atomic E-state index is 0.0521. The zero-order valence-corrected chi connectivity index (χ0v) is 15.7. The molecule has 0 saturated carbocycles. The molecule has 0 amide bonds. The van der Waals surface area contributed by atoms with E-state index in [0.717, 1.165) is 6.07 Å². The van der Waals surface area contributed by atoms with Gasteiger partial charge < -0.3 is 0 Å². The molecule has 0 aromatic heterocycles. The standard InChI is InChI=1S/C19H12ClFN2O4S/c20-12-5-10-18(16(11-12)19(24)15-3-1-2-4-17(15)21)23-28(26,27)14-8-6-13(22-25)7-9-14/h1-11,23H/p+1. The van der Waals surface area contributed by atoms with E-state index in [2.05, 4.69) is 4.72 Å². The zero-order chi connectivity index (χ0) is 20.3. The van der Waals surface area contributed by atoms with Gasteiger partial charge in [-0.05, 0) is 42.5 Å². The van der Waals surface area contributed by atoms with Gasteiger partial charge in [0.15, 0.2) is 5.78 Å². The van der Waals surface area contributed by atoms with Crippen LogP contribution in [0.15, 0.2) is 71.6 Å². The quantitative estimate of drug-likeness (QED) is 0.600. The third-order valence-electron chi connectivity index (χ3n) is 3.87. The molecule has 9 heteroatoms. The number of anilines is 1. The summed E-state index contributed by atoms with van der Waals surface area (Å²) in [6, 6.07) is 14.4. The smallest absolute Gasteiger partial charge is 0.261 e. The maximum atomic E-state index is 14.0. The van der Waals surface area contributed by atoms with Crippen molar-refractivity contribution in [2.45, 2.75) is 4.90 Å². The van der Waals surface area contributed by atoms with Crippen molar-refractivity contribution in [2.24, 2.45) is 0 Å². The third-order valence-corrected chi connectivity index (χ3v) is 5.49. The number of ketones is 1. The Bertz CT molecular complexity index is 1160. The van der Waals surface area contributed by atoms with Gasteiger partial charge in [0.2, 0.25) is 0 Å². The summed E-state index contributed by atoms with van der Waals surface area (Å²) in [7, 11) is -4.07. The molecular formula is C19H13ClFN2O4S+.